The molecule has 1 aliphatic rings. The summed E-state index contributed by atoms with van der Waals surface area (Å²) in [6.07, 6.45) is 6.16. The zero-order chi connectivity index (χ0) is 22.2. The number of carboxylic acid groups (broad SMARTS) is 1. The lowest BCUT2D eigenvalue weighted by Gasteiger charge is -2.23. The maximum absolute atomic E-state index is 13.2. The first-order valence-corrected chi connectivity index (χ1v) is 11.1. The number of hydrogen-bond donors (Lipinski definition) is 2. The van der Waals surface area contributed by atoms with Crippen LogP contribution in [-0.4, -0.2) is 46.7 Å². The predicted octanol–water partition coefficient (Wildman–Crippen LogP) is 1.69. The molecule has 0 spiro atoms. The number of aromatic carboxylic acids is 1. The highest BCUT2D eigenvalue weighted by atomic mass is 32.2. The highest BCUT2D eigenvalue weighted by Gasteiger charge is 2.26. The quantitative estimate of drug-likeness (QED) is 0.665. The number of nitrogens with two attached hydrogens (primary N) is 1. The molecule has 1 unspecified atom stereocenters. The number of allylic oxidation sites excluding steroid dienone is 2. The van der Waals surface area contributed by atoms with Crippen LogP contribution in [0.3, 0.4) is 0 Å². The topological polar surface area (TPSA) is 132 Å². The van der Waals surface area contributed by atoms with Gasteiger partial charge in [-0.15, -0.1) is 0 Å². The highest BCUT2D eigenvalue weighted by molar-refractivity contribution is 7.90. The van der Waals surface area contributed by atoms with Crippen LogP contribution < -0.4 is 11.3 Å². The van der Waals surface area contributed by atoms with Crippen molar-refractivity contribution < 1.29 is 18.3 Å². The third-order valence-electron chi connectivity index (χ3n) is 4.68. The second kappa shape index (κ2) is 8.05. The van der Waals surface area contributed by atoms with Gasteiger partial charge in [-0.25, -0.2) is 18.2 Å². The molecule has 1 atom stereocenters. The lowest BCUT2D eigenvalue weighted by atomic mass is 10.0. The Hall–Kier alpha value is -2.95. The first-order valence-electron chi connectivity index (χ1n) is 8.84. The lowest BCUT2D eigenvalue weighted by Crippen LogP contribution is -2.35. The SMILES string of the molecule is Cc1nc(-c2ccc(S(C)(=O)=O)cc2)n(C2C=CC(CN)=CC2=S)c(=O)c1C(=O)O. The summed E-state index contributed by atoms with van der Waals surface area (Å²) in [5.74, 6) is -1.20. The number of hydrogen-bond acceptors (Lipinski definition) is 7. The second-order valence-corrected chi connectivity index (χ2v) is 9.29. The largest absolute Gasteiger partial charge is 0.477 e. The van der Waals surface area contributed by atoms with E-state index >= 15 is 0 Å². The molecule has 0 amide bonds. The zero-order valence-electron chi connectivity index (χ0n) is 16.2. The Morgan fingerprint density at radius 3 is 2.43 bits per heavy atom. The molecular formula is C20H19N3O5S2. The monoisotopic (exact) mass is 445 g/mol. The third-order valence-corrected chi connectivity index (χ3v) is 6.16. The Morgan fingerprint density at radius 2 is 1.93 bits per heavy atom. The van der Waals surface area contributed by atoms with E-state index in [4.69, 9.17) is 18.0 Å². The van der Waals surface area contributed by atoms with E-state index in [0.717, 1.165) is 11.8 Å². The molecule has 1 heterocycles. The van der Waals surface area contributed by atoms with Crippen molar-refractivity contribution in [2.24, 2.45) is 5.73 Å². The number of nitrogens with zero attached hydrogens (tertiary/aromatic N) is 2. The van der Waals surface area contributed by atoms with Gasteiger partial charge in [-0.2, -0.15) is 0 Å². The maximum Gasteiger partial charge on any atom is 0.343 e. The Kier molecular flexibility index (Phi) is 5.84. The molecule has 2 aromatic rings. The summed E-state index contributed by atoms with van der Waals surface area (Å²) in [6.45, 7) is 1.70. The summed E-state index contributed by atoms with van der Waals surface area (Å²) in [5.41, 5.74) is 5.73. The van der Waals surface area contributed by atoms with Gasteiger partial charge >= 0.3 is 5.97 Å². The van der Waals surface area contributed by atoms with Gasteiger partial charge in [-0.1, -0.05) is 24.4 Å². The molecule has 0 saturated carbocycles. The van der Waals surface area contributed by atoms with Crippen LogP contribution in [0.1, 0.15) is 22.1 Å². The van der Waals surface area contributed by atoms with Gasteiger partial charge in [0.25, 0.3) is 5.56 Å². The molecule has 10 heteroatoms. The van der Waals surface area contributed by atoms with Gasteiger partial charge in [-0.3, -0.25) is 9.36 Å². The van der Waals surface area contributed by atoms with Crippen molar-refractivity contribution in [3.63, 3.8) is 0 Å². The van der Waals surface area contributed by atoms with Crippen LogP contribution in [-0.2, 0) is 9.84 Å². The van der Waals surface area contributed by atoms with Crippen LogP contribution in [0.4, 0.5) is 0 Å². The molecule has 156 valence electrons. The molecule has 1 aromatic carbocycles. The van der Waals surface area contributed by atoms with E-state index < -0.39 is 33.0 Å². The summed E-state index contributed by atoms with van der Waals surface area (Å²) >= 11 is 5.44. The average Bonchev–Trinajstić information content (AvgIpc) is 2.67. The van der Waals surface area contributed by atoms with Crippen LogP contribution in [0.5, 0.6) is 0 Å². The standard InChI is InChI=1S/C20H19N3O5S2/c1-11-17(20(25)26)19(24)23(15-8-3-12(10-21)9-16(15)29)18(22-11)13-4-6-14(7-5-13)30(2,27)28/h3-9,15H,10,21H2,1-2H3,(H,25,26). The van der Waals surface area contributed by atoms with Crippen LogP contribution in [0, 0.1) is 6.92 Å². The molecule has 0 fully saturated rings. The smallest absolute Gasteiger partial charge is 0.343 e. The van der Waals surface area contributed by atoms with Gasteiger partial charge < -0.3 is 10.8 Å². The summed E-state index contributed by atoms with van der Waals surface area (Å²) in [5, 5.41) is 9.50. The molecule has 1 aromatic heterocycles. The fourth-order valence-corrected chi connectivity index (χ4v) is 4.13. The number of carboxylic acids is 1. The van der Waals surface area contributed by atoms with E-state index in [-0.39, 0.29) is 23.0 Å². The molecule has 1 aliphatic carbocycles. The molecular weight excluding hydrogens is 426 g/mol. The van der Waals surface area contributed by atoms with Crippen molar-refractivity contribution in [3.05, 3.63) is 69.7 Å². The molecule has 30 heavy (non-hydrogen) atoms. The van der Waals surface area contributed by atoms with E-state index in [1.54, 1.807) is 18.2 Å². The van der Waals surface area contributed by atoms with Gasteiger partial charge in [-0.05, 0) is 42.8 Å². The molecule has 0 radical (unpaired) electrons. The lowest BCUT2D eigenvalue weighted by molar-refractivity contribution is 0.0692. The Bertz CT molecular complexity index is 1270. The van der Waals surface area contributed by atoms with Gasteiger partial charge in [0.1, 0.15) is 11.4 Å². The number of aromatic nitrogens is 2. The Morgan fingerprint density at radius 1 is 1.30 bits per heavy atom. The summed E-state index contributed by atoms with van der Waals surface area (Å²) in [6, 6.07) is 5.11. The van der Waals surface area contributed by atoms with Crippen LogP contribution in [0.25, 0.3) is 11.4 Å². The van der Waals surface area contributed by atoms with Crippen molar-refractivity contribution in [2.45, 2.75) is 17.9 Å². The van der Waals surface area contributed by atoms with Crippen molar-refractivity contribution in [1.82, 2.24) is 9.55 Å². The molecule has 3 rings (SSSR count). The van der Waals surface area contributed by atoms with Crippen LogP contribution >= 0.6 is 12.2 Å². The summed E-state index contributed by atoms with van der Waals surface area (Å²) in [4.78, 5) is 29.7. The molecule has 0 aliphatic heterocycles. The van der Waals surface area contributed by atoms with Crippen molar-refractivity contribution in [1.29, 1.82) is 0 Å². The fraction of sp³-hybridized carbons (Fsp3) is 0.200. The fourth-order valence-electron chi connectivity index (χ4n) is 3.17. The van der Waals surface area contributed by atoms with Gasteiger partial charge in [0.05, 0.1) is 16.6 Å². The van der Waals surface area contributed by atoms with Gasteiger partial charge in [0, 0.05) is 23.2 Å². The maximum atomic E-state index is 13.2. The van der Waals surface area contributed by atoms with E-state index in [0.29, 0.717) is 10.4 Å². The number of aryl methyl sites for hydroxylation is 1. The molecule has 0 bridgehead atoms. The van der Waals surface area contributed by atoms with E-state index in [2.05, 4.69) is 4.98 Å². The molecule has 8 nitrogen and oxygen atoms in total. The number of carbonyl (C=O) groups is 1. The third kappa shape index (κ3) is 4.02. The number of sulfone groups is 1. The van der Waals surface area contributed by atoms with E-state index in [9.17, 15) is 23.1 Å². The van der Waals surface area contributed by atoms with E-state index in [1.165, 1.54) is 35.8 Å². The minimum Gasteiger partial charge on any atom is -0.477 e. The molecule has 3 N–H and O–H groups in total. The summed E-state index contributed by atoms with van der Waals surface area (Å²) < 4.78 is 24.7. The van der Waals surface area contributed by atoms with Crippen molar-refractivity contribution in [3.8, 4) is 11.4 Å². The van der Waals surface area contributed by atoms with Crippen LogP contribution in [0.2, 0.25) is 0 Å². The van der Waals surface area contributed by atoms with E-state index in [1.807, 2.05) is 0 Å². The Labute approximate surface area is 178 Å². The number of benzene rings is 1. The minimum atomic E-state index is -3.40. The Balaban J connectivity index is 2.27. The van der Waals surface area contributed by atoms with Gasteiger partial charge in [0.15, 0.2) is 9.84 Å². The normalized spacial score (nSPS) is 16.4. The van der Waals surface area contributed by atoms with Crippen LogP contribution in [0.15, 0.2) is 57.8 Å². The first kappa shape index (κ1) is 21.8. The summed E-state index contributed by atoms with van der Waals surface area (Å²) in [7, 11) is -3.40. The van der Waals surface area contributed by atoms with Crippen molar-refractivity contribution >= 4 is 32.9 Å². The molecule has 0 saturated heterocycles. The second-order valence-electron chi connectivity index (χ2n) is 6.80. The zero-order valence-corrected chi connectivity index (χ0v) is 17.8. The van der Waals surface area contributed by atoms with Crippen molar-refractivity contribution in [2.75, 3.05) is 12.8 Å². The highest BCUT2D eigenvalue weighted by Crippen LogP contribution is 2.26. The minimum absolute atomic E-state index is 0.0508. The predicted molar refractivity (Wildman–Crippen MR) is 117 cm³/mol. The average molecular weight is 446 g/mol. The number of thiocarbonyl (C=S) groups is 1. The van der Waals surface area contributed by atoms with Gasteiger partial charge in [0.2, 0.25) is 0 Å². The number of rotatable bonds is 5. The first-order chi connectivity index (χ1) is 14.0.